The highest BCUT2D eigenvalue weighted by molar-refractivity contribution is 6.28. The van der Waals surface area contributed by atoms with Gasteiger partial charge in [-0.15, -0.1) is 0 Å². The molecule has 0 aliphatic carbocycles. The molecule has 0 radical (unpaired) electrons. The lowest BCUT2D eigenvalue weighted by molar-refractivity contribution is -0.385. The molecule has 8 heteroatoms. The van der Waals surface area contributed by atoms with Crippen LogP contribution >= 0.6 is 11.6 Å². The summed E-state index contributed by atoms with van der Waals surface area (Å²) < 4.78 is 0. The first kappa shape index (κ1) is 16.6. The minimum Gasteiger partial charge on any atom is -0.391 e. The second-order valence-corrected chi connectivity index (χ2v) is 6.17. The zero-order valence-electron chi connectivity index (χ0n) is 12.0. The number of aryl methyl sites for hydroxylation is 1. The first-order chi connectivity index (χ1) is 9.10. The number of aromatic nitrogens is 2. The number of rotatable bonds is 5. The van der Waals surface area contributed by atoms with Crippen LogP contribution in [0.4, 0.5) is 11.5 Å². The van der Waals surface area contributed by atoms with Crippen LogP contribution in [-0.2, 0) is 0 Å². The fourth-order valence-corrected chi connectivity index (χ4v) is 2.08. The van der Waals surface area contributed by atoms with E-state index in [1.54, 1.807) is 0 Å². The molecule has 1 aromatic rings. The van der Waals surface area contributed by atoms with Gasteiger partial charge >= 0.3 is 5.69 Å². The number of nitrogens with one attached hydrogen (secondary N) is 1. The van der Waals surface area contributed by atoms with E-state index in [0.717, 1.165) is 0 Å². The van der Waals surface area contributed by atoms with Crippen molar-refractivity contribution in [1.29, 1.82) is 0 Å². The molecule has 0 amide bonds. The molecule has 1 unspecified atom stereocenters. The van der Waals surface area contributed by atoms with E-state index in [-0.39, 0.29) is 34.4 Å². The second kappa shape index (κ2) is 6.32. The van der Waals surface area contributed by atoms with Crippen molar-refractivity contribution in [2.75, 3.05) is 11.9 Å². The molecule has 0 aliphatic rings. The molecule has 7 nitrogen and oxygen atoms in total. The van der Waals surface area contributed by atoms with Gasteiger partial charge < -0.3 is 10.4 Å². The lowest BCUT2D eigenvalue weighted by Gasteiger charge is -2.22. The van der Waals surface area contributed by atoms with Gasteiger partial charge in [0, 0.05) is 6.54 Å². The Morgan fingerprint density at radius 1 is 1.45 bits per heavy atom. The van der Waals surface area contributed by atoms with Crippen molar-refractivity contribution < 1.29 is 10.0 Å². The van der Waals surface area contributed by atoms with E-state index in [9.17, 15) is 15.2 Å². The summed E-state index contributed by atoms with van der Waals surface area (Å²) in [6.07, 6.45) is -0.0744. The van der Waals surface area contributed by atoms with E-state index in [0.29, 0.717) is 6.42 Å². The topological polar surface area (TPSA) is 101 Å². The maximum atomic E-state index is 11.0. The fourth-order valence-electron chi connectivity index (χ4n) is 1.87. The Bertz CT molecular complexity index is 502. The number of halogens is 1. The van der Waals surface area contributed by atoms with Crippen LogP contribution in [0.5, 0.6) is 0 Å². The van der Waals surface area contributed by atoms with Crippen molar-refractivity contribution in [3.63, 3.8) is 0 Å². The SMILES string of the molecule is Cc1nc(Cl)nc(NCC(O)CC(C)(C)C)c1[N+](=O)[O-]. The average molecular weight is 303 g/mol. The van der Waals surface area contributed by atoms with Crippen LogP contribution in [0.2, 0.25) is 5.28 Å². The van der Waals surface area contributed by atoms with E-state index >= 15 is 0 Å². The molecule has 0 aliphatic heterocycles. The number of aliphatic hydroxyl groups is 1. The molecule has 0 spiro atoms. The highest BCUT2D eigenvalue weighted by Crippen LogP contribution is 2.27. The van der Waals surface area contributed by atoms with Crippen LogP contribution in [0, 0.1) is 22.5 Å². The highest BCUT2D eigenvalue weighted by Gasteiger charge is 2.23. The third kappa shape index (κ3) is 4.90. The van der Waals surface area contributed by atoms with Gasteiger partial charge in [-0.3, -0.25) is 10.1 Å². The third-order valence-corrected chi connectivity index (χ3v) is 2.74. The van der Waals surface area contributed by atoms with Crippen molar-refractivity contribution in [3.8, 4) is 0 Å². The van der Waals surface area contributed by atoms with Gasteiger partial charge in [-0.05, 0) is 30.4 Å². The van der Waals surface area contributed by atoms with Gasteiger partial charge in [0.25, 0.3) is 0 Å². The Labute approximate surface area is 122 Å². The zero-order chi connectivity index (χ0) is 15.5. The summed E-state index contributed by atoms with van der Waals surface area (Å²) in [5, 5.41) is 23.6. The maximum absolute atomic E-state index is 11.0. The van der Waals surface area contributed by atoms with Gasteiger partial charge in [0.1, 0.15) is 5.69 Å². The molecule has 0 bridgehead atoms. The number of hydrogen-bond donors (Lipinski definition) is 2. The van der Waals surface area contributed by atoms with Crippen LogP contribution in [-0.4, -0.2) is 32.6 Å². The van der Waals surface area contributed by atoms with Gasteiger partial charge in [0.15, 0.2) is 0 Å². The summed E-state index contributed by atoms with van der Waals surface area (Å²) in [7, 11) is 0. The number of anilines is 1. The van der Waals surface area contributed by atoms with Crippen LogP contribution in [0.1, 0.15) is 32.9 Å². The van der Waals surface area contributed by atoms with Gasteiger partial charge in [0.05, 0.1) is 11.0 Å². The first-order valence-corrected chi connectivity index (χ1v) is 6.58. The van der Waals surface area contributed by atoms with Gasteiger partial charge in [0.2, 0.25) is 11.1 Å². The number of aliphatic hydroxyl groups excluding tert-OH is 1. The van der Waals surface area contributed by atoms with Crippen LogP contribution in [0.15, 0.2) is 0 Å². The Balaban J connectivity index is 2.85. The molecule has 0 fully saturated rings. The monoisotopic (exact) mass is 302 g/mol. The minimum absolute atomic E-state index is 0.0282. The summed E-state index contributed by atoms with van der Waals surface area (Å²) in [5.74, 6) is 0.0282. The first-order valence-electron chi connectivity index (χ1n) is 6.20. The summed E-state index contributed by atoms with van der Waals surface area (Å²) in [4.78, 5) is 18.0. The van der Waals surface area contributed by atoms with Crippen LogP contribution in [0.25, 0.3) is 0 Å². The molecule has 1 atom stereocenters. The van der Waals surface area contributed by atoms with Crippen molar-refractivity contribution >= 4 is 23.1 Å². The second-order valence-electron chi connectivity index (χ2n) is 5.83. The van der Waals surface area contributed by atoms with E-state index in [2.05, 4.69) is 15.3 Å². The summed E-state index contributed by atoms with van der Waals surface area (Å²) in [5.41, 5.74) is -0.0770. The molecule has 0 aromatic carbocycles. The van der Waals surface area contributed by atoms with E-state index in [1.807, 2.05) is 20.8 Å². The standard InChI is InChI=1S/C12H19ClN4O3/c1-7-9(17(19)20)10(16-11(13)15-7)14-6-8(18)5-12(2,3)4/h8,18H,5-6H2,1-4H3,(H,14,15,16). The Kier molecular flexibility index (Phi) is 5.24. The van der Waals surface area contributed by atoms with Crippen molar-refractivity contribution in [2.45, 2.75) is 40.2 Å². The quantitative estimate of drug-likeness (QED) is 0.492. The van der Waals surface area contributed by atoms with Crippen molar-refractivity contribution in [2.24, 2.45) is 5.41 Å². The Morgan fingerprint density at radius 3 is 2.55 bits per heavy atom. The smallest absolute Gasteiger partial charge is 0.332 e. The fraction of sp³-hybridized carbons (Fsp3) is 0.667. The van der Waals surface area contributed by atoms with E-state index in [1.165, 1.54) is 6.92 Å². The molecule has 1 rings (SSSR count). The molecule has 0 saturated carbocycles. The van der Waals surface area contributed by atoms with E-state index in [4.69, 9.17) is 11.6 Å². The van der Waals surface area contributed by atoms with Crippen LogP contribution < -0.4 is 5.32 Å². The predicted octanol–water partition coefficient (Wildman–Crippen LogP) is 2.56. The summed E-state index contributed by atoms with van der Waals surface area (Å²) in [6, 6.07) is 0. The number of nitrogens with zero attached hydrogens (tertiary/aromatic N) is 3. The maximum Gasteiger partial charge on any atom is 0.332 e. The molecule has 112 valence electrons. The molecule has 20 heavy (non-hydrogen) atoms. The average Bonchev–Trinajstić information content (AvgIpc) is 2.22. The molecule has 2 N–H and O–H groups in total. The third-order valence-electron chi connectivity index (χ3n) is 2.57. The molecular formula is C12H19ClN4O3. The minimum atomic E-state index is -0.636. The molecular weight excluding hydrogens is 284 g/mol. The zero-order valence-corrected chi connectivity index (χ0v) is 12.7. The lowest BCUT2D eigenvalue weighted by atomic mass is 9.89. The van der Waals surface area contributed by atoms with E-state index < -0.39 is 11.0 Å². The summed E-state index contributed by atoms with van der Waals surface area (Å²) >= 11 is 5.70. The van der Waals surface area contributed by atoms with Crippen molar-refractivity contribution in [1.82, 2.24) is 9.97 Å². The molecule has 1 heterocycles. The Morgan fingerprint density at radius 2 is 2.05 bits per heavy atom. The molecule has 0 saturated heterocycles. The Hall–Kier alpha value is -1.47. The van der Waals surface area contributed by atoms with Gasteiger partial charge in [-0.25, -0.2) is 4.98 Å². The normalized spacial score (nSPS) is 13.1. The largest absolute Gasteiger partial charge is 0.391 e. The predicted molar refractivity (Wildman–Crippen MR) is 77.0 cm³/mol. The lowest BCUT2D eigenvalue weighted by Crippen LogP contribution is -2.25. The van der Waals surface area contributed by atoms with Gasteiger partial charge in [-0.1, -0.05) is 20.8 Å². The highest BCUT2D eigenvalue weighted by atomic mass is 35.5. The summed E-state index contributed by atoms with van der Waals surface area (Å²) in [6.45, 7) is 7.66. The van der Waals surface area contributed by atoms with Crippen molar-refractivity contribution in [3.05, 3.63) is 21.1 Å². The number of hydrogen-bond acceptors (Lipinski definition) is 6. The molecule has 1 aromatic heterocycles. The number of nitro groups is 1. The van der Waals surface area contributed by atoms with Crippen LogP contribution in [0.3, 0.4) is 0 Å². The van der Waals surface area contributed by atoms with Gasteiger partial charge in [-0.2, -0.15) is 4.98 Å².